The van der Waals surface area contributed by atoms with Crippen molar-refractivity contribution < 1.29 is 4.79 Å². The number of thiophene rings is 1. The molecule has 2 aromatic rings. The first-order chi connectivity index (χ1) is 8.72. The van der Waals surface area contributed by atoms with Crippen LogP contribution in [-0.4, -0.2) is 27.2 Å². The summed E-state index contributed by atoms with van der Waals surface area (Å²) in [5.41, 5.74) is 0. The fraction of sp³-hybridized carbons (Fsp3) is 0.364. The number of hydrogen-bond acceptors (Lipinski definition) is 4. The fourth-order valence-corrected chi connectivity index (χ4v) is 2.56. The fourth-order valence-electron chi connectivity index (χ4n) is 1.62. The molecule has 0 aliphatic heterocycles. The molecule has 0 spiro atoms. The molecule has 0 atom stereocenters. The zero-order chi connectivity index (χ0) is 13.0. The number of nitrogens with zero attached hydrogens (tertiary/aromatic N) is 2. The van der Waals surface area contributed by atoms with Crippen LogP contribution in [0.4, 0.5) is 0 Å². The number of aromatic nitrogens is 3. The van der Waals surface area contributed by atoms with Gasteiger partial charge in [0.1, 0.15) is 0 Å². The lowest BCUT2D eigenvalue weighted by Crippen LogP contribution is -2.23. The summed E-state index contributed by atoms with van der Waals surface area (Å²) < 4.78 is 2.40. The average molecular weight is 282 g/mol. The minimum atomic E-state index is 0.0257. The van der Waals surface area contributed by atoms with Crippen molar-refractivity contribution in [3.63, 3.8) is 0 Å². The van der Waals surface area contributed by atoms with Crippen molar-refractivity contribution in [2.75, 3.05) is 6.54 Å². The van der Waals surface area contributed by atoms with E-state index in [1.54, 1.807) is 11.3 Å². The van der Waals surface area contributed by atoms with E-state index in [1.807, 2.05) is 29.0 Å². The molecule has 0 saturated heterocycles. The monoisotopic (exact) mass is 282 g/mol. The minimum Gasteiger partial charge on any atom is -0.356 e. The predicted molar refractivity (Wildman–Crippen MR) is 74.0 cm³/mol. The maximum Gasteiger partial charge on any atom is 0.221 e. The Kier molecular flexibility index (Phi) is 4.27. The molecule has 0 unspecified atom stereocenters. The van der Waals surface area contributed by atoms with Gasteiger partial charge in [0, 0.05) is 19.5 Å². The lowest BCUT2D eigenvalue weighted by atomic mass is 10.3. The van der Waals surface area contributed by atoms with E-state index in [2.05, 4.69) is 15.5 Å². The number of amides is 1. The highest BCUT2D eigenvalue weighted by atomic mass is 32.1. The maximum atomic E-state index is 11.5. The van der Waals surface area contributed by atoms with E-state index in [0.717, 1.165) is 10.7 Å². The van der Waals surface area contributed by atoms with Crippen LogP contribution in [-0.2, 0) is 11.3 Å². The highest BCUT2D eigenvalue weighted by molar-refractivity contribution is 7.71. The molecular weight excluding hydrogens is 268 g/mol. The molecule has 0 saturated carbocycles. The molecule has 18 heavy (non-hydrogen) atoms. The highest BCUT2D eigenvalue weighted by Gasteiger charge is 2.10. The molecule has 2 heterocycles. The number of rotatable bonds is 5. The Hall–Kier alpha value is -1.47. The molecule has 0 aliphatic rings. The van der Waals surface area contributed by atoms with Gasteiger partial charge in [-0.25, -0.2) is 0 Å². The van der Waals surface area contributed by atoms with Crippen LogP contribution in [0, 0.1) is 4.77 Å². The second-order valence-electron chi connectivity index (χ2n) is 3.68. The lowest BCUT2D eigenvalue weighted by molar-refractivity contribution is -0.121. The van der Waals surface area contributed by atoms with Gasteiger partial charge in [0.05, 0.1) is 4.88 Å². The third-order valence-electron chi connectivity index (χ3n) is 2.44. The van der Waals surface area contributed by atoms with Crippen molar-refractivity contribution in [1.29, 1.82) is 0 Å². The predicted octanol–water partition coefficient (Wildman–Crippen LogP) is 2.20. The molecule has 5 nitrogen and oxygen atoms in total. The van der Waals surface area contributed by atoms with E-state index in [9.17, 15) is 4.79 Å². The van der Waals surface area contributed by atoms with Crippen LogP contribution >= 0.6 is 23.6 Å². The standard InChI is InChI=1S/C11H14N4OS2/c1-2-12-9(16)5-6-15-10(13-14-11(15)17)8-4-3-7-18-8/h3-4,7H,2,5-6H2,1H3,(H,12,16)(H,14,17). The second kappa shape index (κ2) is 5.92. The van der Waals surface area contributed by atoms with Crippen LogP contribution in [0.3, 0.4) is 0 Å². The molecular formula is C11H14N4OS2. The molecule has 0 bridgehead atoms. The van der Waals surface area contributed by atoms with Crippen LogP contribution in [0.25, 0.3) is 10.7 Å². The van der Waals surface area contributed by atoms with E-state index < -0.39 is 0 Å². The Labute approximate surface area is 114 Å². The summed E-state index contributed by atoms with van der Waals surface area (Å²) in [5, 5.41) is 11.7. The SMILES string of the molecule is CCNC(=O)CCn1c(-c2cccs2)n[nH]c1=S. The highest BCUT2D eigenvalue weighted by Crippen LogP contribution is 2.22. The van der Waals surface area contributed by atoms with Gasteiger partial charge < -0.3 is 5.32 Å². The Bertz CT molecular complexity index is 570. The number of aromatic amines is 1. The number of hydrogen-bond donors (Lipinski definition) is 2. The molecule has 0 radical (unpaired) electrons. The van der Waals surface area contributed by atoms with Crippen LogP contribution < -0.4 is 5.32 Å². The molecule has 7 heteroatoms. The lowest BCUT2D eigenvalue weighted by Gasteiger charge is -2.05. The van der Waals surface area contributed by atoms with Gasteiger partial charge in [0.2, 0.25) is 5.91 Å². The van der Waals surface area contributed by atoms with Crippen molar-refractivity contribution >= 4 is 29.5 Å². The van der Waals surface area contributed by atoms with Crippen molar-refractivity contribution in [1.82, 2.24) is 20.1 Å². The molecule has 96 valence electrons. The van der Waals surface area contributed by atoms with Gasteiger partial charge in [-0.15, -0.1) is 11.3 Å². The van der Waals surface area contributed by atoms with Gasteiger partial charge in [0.15, 0.2) is 10.6 Å². The molecule has 1 amide bonds. The minimum absolute atomic E-state index is 0.0257. The second-order valence-corrected chi connectivity index (χ2v) is 5.02. The molecule has 0 aromatic carbocycles. The smallest absolute Gasteiger partial charge is 0.221 e. The topological polar surface area (TPSA) is 62.7 Å². The van der Waals surface area contributed by atoms with E-state index in [1.165, 1.54) is 0 Å². The van der Waals surface area contributed by atoms with Crippen LogP contribution in [0.5, 0.6) is 0 Å². The van der Waals surface area contributed by atoms with E-state index in [0.29, 0.717) is 24.3 Å². The summed E-state index contributed by atoms with van der Waals surface area (Å²) in [6, 6.07) is 3.95. The van der Waals surface area contributed by atoms with Crippen LogP contribution in [0.2, 0.25) is 0 Å². The van der Waals surface area contributed by atoms with Gasteiger partial charge in [0.25, 0.3) is 0 Å². The van der Waals surface area contributed by atoms with E-state index >= 15 is 0 Å². The normalized spacial score (nSPS) is 10.5. The third-order valence-corrected chi connectivity index (χ3v) is 3.61. The van der Waals surface area contributed by atoms with Crippen LogP contribution in [0.1, 0.15) is 13.3 Å². The largest absolute Gasteiger partial charge is 0.356 e. The summed E-state index contributed by atoms with van der Waals surface area (Å²) in [6.07, 6.45) is 0.403. The van der Waals surface area contributed by atoms with E-state index in [4.69, 9.17) is 12.2 Å². The van der Waals surface area contributed by atoms with Crippen molar-refractivity contribution in [2.45, 2.75) is 19.9 Å². The van der Waals surface area contributed by atoms with Gasteiger partial charge >= 0.3 is 0 Å². The number of carbonyl (C=O) groups is 1. The molecule has 0 aliphatic carbocycles. The zero-order valence-electron chi connectivity index (χ0n) is 9.97. The molecule has 2 rings (SSSR count). The zero-order valence-corrected chi connectivity index (χ0v) is 11.6. The Balaban J connectivity index is 2.15. The Morgan fingerprint density at radius 2 is 2.50 bits per heavy atom. The first-order valence-corrected chi connectivity index (χ1v) is 6.97. The summed E-state index contributed by atoms with van der Waals surface area (Å²) in [5.74, 6) is 0.817. The van der Waals surface area contributed by atoms with E-state index in [-0.39, 0.29) is 5.91 Å². The summed E-state index contributed by atoms with van der Waals surface area (Å²) in [4.78, 5) is 12.5. The van der Waals surface area contributed by atoms with Gasteiger partial charge in [-0.2, -0.15) is 5.10 Å². The summed E-state index contributed by atoms with van der Waals surface area (Å²) in [6.45, 7) is 3.08. The molecule has 0 fully saturated rings. The average Bonchev–Trinajstić information content (AvgIpc) is 2.96. The Morgan fingerprint density at radius 3 is 3.17 bits per heavy atom. The summed E-state index contributed by atoms with van der Waals surface area (Å²) in [7, 11) is 0. The quantitative estimate of drug-likeness (QED) is 0.826. The van der Waals surface area contributed by atoms with Gasteiger partial charge in [-0.3, -0.25) is 14.5 Å². The Morgan fingerprint density at radius 1 is 1.67 bits per heavy atom. The maximum absolute atomic E-state index is 11.5. The number of H-pyrrole nitrogens is 1. The molecule has 2 N–H and O–H groups in total. The summed E-state index contributed by atoms with van der Waals surface area (Å²) >= 11 is 6.78. The number of nitrogens with one attached hydrogen (secondary N) is 2. The first kappa shape index (κ1) is 13.0. The number of carbonyl (C=O) groups excluding carboxylic acids is 1. The first-order valence-electron chi connectivity index (χ1n) is 5.68. The molecule has 2 aromatic heterocycles. The van der Waals surface area contributed by atoms with Crippen molar-refractivity contribution in [3.8, 4) is 10.7 Å². The van der Waals surface area contributed by atoms with Crippen LogP contribution in [0.15, 0.2) is 17.5 Å². The van der Waals surface area contributed by atoms with Crippen molar-refractivity contribution in [3.05, 3.63) is 22.3 Å². The van der Waals surface area contributed by atoms with Gasteiger partial charge in [-0.1, -0.05) is 6.07 Å². The third kappa shape index (κ3) is 2.85. The van der Waals surface area contributed by atoms with Gasteiger partial charge in [-0.05, 0) is 30.6 Å². The van der Waals surface area contributed by atoms with Crippen molar-refractivity contribution in [2.24, 2.45) is 0 Å².